The van der Waals surface area contributed by atoms with E-state index in [-0.39, 0.29) is 11.8 Å². The predicted molar refractivity (Wildman–Crippen MR) is 113 cm³/mol. The summed E-state index contributed by atoms with van der Waals surface area (Å²) < 4.78 is 0. The minimum Gasteiger partial charge on any atom is -0.356 e. The molecule has 5 heteroatoms. The Kier molecular flexibility index (Phi) is 6.12. The van der Waals surface area contributed by atoms with Crippen molar-refractivity contribution < 1.29 is 4.79 Å². The minimum absolute atomic E-state index is 0.130. The summed E-state index contributed by atoms with van der Waals surface area (Å²) in [5, 5.41) is 6.35. The summed E-state index contributed by atoms with van der Waals surface area (Å²) in [6, 6.07) is 12.5. The highest BCUT2D eigenvalue weighted by molar-refractivity contribution is 7.09. The number of carbonyl (C=O) groups excluding carboxylic acids is 1. The van der Waals surface area contributed by atoms with Crippen LogP contribution in [0.25, 0.3) is 11.3 Å². The Hall–Kier alpha value is -2.53. The van der Waals surface area contributed by atoms with E-state index in [9.17, 15) is 4.79 Å². The molecule has 3 aromatic rings. The summed E-state index contributed by atoms with van der Waals surface area (Å²) >= 11 is 1.68. The van der Waals surface area contributed by atoms with Crippen molar-refractivity contribution in [2.75, 3.05) is 6.54 Å². The first-order valence-corrected chi connectivity index (χ1v) is 10.9. The number of rotatable bonds is 6. The molecule has 0 fully saturated rings. The zero-order valence-electron chi connectivity index (χ0n) is 15.9. The third-order valence-corrected chi connectivity index (χ3v) is 6.32. The van der Waals surface area contributed by atoms with E-state index in [4.69, 9.17) is 4.98 Å². The van der Waals surface area contributed by atoms with Crippen molar-refractivity contribution >= 4 is 17.2 Å². The van der Waals surface area contributed by atoms with E-state index in [1.54, 1.807) is 23.7 Å². The van der Waals surface area contributed by atoms with E-state index < -0.39 is 0 Å². The molecule has 1 aliphatic rings. The molecule has 144 valence electrons. The lowest BCUT2D eigenvalue weighted by molar-refractivity contribution is -0.125. The van der Waals surface area contributed by atoms with Crippen LogP contribution in [0.2, 0.25) is 0 Å². The van der Waals surface area contributed by atoms with Crippen LogP contribution in [0.15, 0.2) is 54.2 Å². The topological polar surface area (TPSA) is 54.9 Å². The molecule has 1 amide bonds. The average Bonchev–Trinajstić information content (AvgIpc) is 3.10. The first-order valence-electron chi connectivity index (χ1n) is 9.99. The first kappa shape index (κ1) is 18.8. The van der Waals surface area contributed by atoms with E-state index in [0.29, 0.717) is 6.54 Å². The second-order valence-electron chi connectivity index (χ2n) is 7.30. The summed E-state index contributed by atoms with van der Waals surface area (Å²) in [6.07, 6.45) is 9.30. The van der Waals surface area contributed by atoms with Gasteiger partial charge in [-0.05, 0) is 55.4 Å². The fourth-order valence-electron chi connectivity index (χ4n) is 3.79. The van der Waals surface area contributed by atoms with Crippen LogP contribution in [-0.4, -0.2) is 22.4 Å². The van der Waals surface area contributed by atoms with Gasteiger partial charge in [-0.3, -0.25) is 9.78 Å². The van der Waals surface area contributed by atoms with Gasteiger partial charge in [-0.1, -0.05) is 24.3 Å². The molecule has 28 heavy (non-hydrogen) atoms. The number of pyridine rings is 1. The highest BCUT2D eigenvalue weighted by atomic mass is 32.1. The quantitative estimate of drug-likeness (QED) is 0.499. The van der Waals surface area contributed by atoms with Crippen molar-refractivity contribution in [3.05, 3.63) is 70.3 Å². The smallest absolute Gasteiger partial charge is 0.223 e. The Morgan fingerprint density at radius 2 is 1.79 bits per heavy atom. The number of aromatic nitrogens is 2. The van der Waals surface area contributed by atoms with E-state index in [1.165, 1.54) is 11.1 Å². The normalized spacial score (nSPS) is 14.3. The van der Waals surface area contributed by atoms with E-state index in [1.807, 2.05) is 12.1 Å². The Morgan fingerprint density at radius 3 is 2.50 bits per heavy atom. The number of nitrogens with one attached hydrogen (secondary N) is 1. The molecule has 0 saturated heterocycles. The van der Waals surface area contributed by atoms with E-state index in [2.05, 4.69) is 39.9 Å². The molecule has 0 aliphatic heterocycles. The molecule has 0 saturated carbocycles. The standard InChI is InChI=1S/C23H25N3OS/c27-23(20-9-7-17-4-1-2-5-18(17)8-10-20)25-13-3-6-22-26-21(16-28-22)19-11-14-24-15-12-19/h1-2,4-5,11-12,14-16,20H,3,6-10,13H2,(H,25,27). The monoisotopic (exact) mass is 391 g/mol. The van der Waals surface area contributed by atoms with Crippen LogP contribution in [0.4, 0.5) is 0 Å². The molecule has 1 N–H and O–H groups in total. The van der Waals surface area contributed by atoms with Gasteiger partial charge in [0.05, 0.1) is 10.7 Å². The molecular weight excluding hydrogens is 366 g/mol. The number of fused-ring (bicyclic) bond motifs is 1. The fraction of sp³-hybridized carbons (Fsp3) is 0.348. The molecule has 1 aliphatic carbocycles. The van der Waals surface area contributed by atoms with Gasteiger partial charge in [0, 0.05) is 42.2 Å². The van der Waals surface area contributed by atoms with Crippen LogP contribution < -0.4 is 5.32 Å². The molecule has 4 rings (SSSR count). The van der Waals surface area contributed by atoms with Crippen LogP contribution in [0.5, 0.6) is 0 Å². The van der Waals surface area contributed by atoms with Gasteiger partial charge in [0.1, 0.15) is 0 Å². The van der Waals surface area contributed by atoms with Crippen LogP contribution in [0, 0.1) is 5.92 Å². The minimum atomic E-state index is 0.130. The SMILES string of the molecule is O=C(NCCCc1nc(-c2ccncc2)cs1)C1CCc2ccccc2CC1. The maximum atomic E-state index is 12.6. The van der Waals surface area contributed by atoms with E-state index in [0.717, 1.165) is 54.8 Å². The average molecular weight is 392 g/mol. The summed E-state index contributed by atoms with van der Waals surface area (Å²) in [6.45, 7) is 0.715. The largest absolute Gasteiger partial charge is 0.356 e. The second kappa shape index (κ2) is 9.11. The van der Waals surface area contributed by atoms with Crippen molar-refractivity contribution in [1.29, 1.82) is 0 Å². The lowest BCUT2D eigenvalue weighted by atomic mass is 9.98. The molecule has 0 atom stereocenters. The van der Waals surface area contributed by atoms with Crippen LogP contribution in [0.3, 0.4) is 0 Å². The van der Waals surface area contributed by atoms with Gasteiger partial charge in [0.2, 0.25) is 5.91 Å². The van der Waals surface area contributed by atoms with Gasteiger partial charge in [0.25, 0.3) is 0 Å². The van der Waals surface area contributed by atoms with Crippen LogP contribution in [-0.2, 0) is 24.1 Å². The zero-order chi connectivity index (χ0) is 19.2. The second-order valence-corrected chi connectivity index (χ2v) is 8.24. The number of aryl methyl sites for hydroxylation is 3. The van der Waals surface area contributed by atoms with Crippen LogP contribution >= 0.6 is 11.3 Å². The molecule has 0 spiro atoms. The van der Waals surface area contributed by atoms with Gasteiger partial charge in [-0.25, -0.2) is 4.98 Å². The first-order chi connectivity index (χ1) is 13.8. The number of benzene rings is 1. The lowest BCUT2D eigenvalue weighted by Crippen LogP contribution is -2.31. The van der Waals surface area contributed by atoms with Gasteiger partial charge in [0.15, 0.2) is 0 Å². The van der Waals surface area contributed by atoms with Gasteiger partial charge in [-0.2, -0.15) is 0 Å². The maximum Gasteiger partial charge on any atom is 0.223 e. The van der Waals surface area contributed by atoms with Crippen molar-refractivity contribution in [3.63, 3.8) is 0 Å². The van der Waals surface area contributed by atoms with E-state index >= 15 is 0 Å². The zero-order valence-corrected chi connectivity index (χ0v) is 16.8. The number of thiazole rings is 1. The van der Waals surface area contributed by atoms with Crippen molar-refractivity contribution in [2.24, 2.45) is 5.92 Å². The molecule has 0 unspecified atom stereocenters. The van der Waals surface area contributed by atoms with Crippen molar-refractivity contribution in [1.82, 2.24) is 15.3 Å². The number of nitrogens with zero attached hydrogens (tertiary/aromatic N) is 2. The molecule has 2 aromatic heterocycles. The van der Waals surface area contributed by atoms with Gasteiger partial charge in [-0.15, -0.1) is 11.3 Å². The summed E-state index contributed by atoms with van der Waals surface area (Å²) in [7, 11) is 0. The maximum absolute atomic E-state index is 12.6. The van der Waals surface area contributed by atoms with Gasteiger partial charge < -0.3 is 5.32 Å². The Labute approximate surface area is 170 Å². The molecule has 1 aromatic carbocycles. The molecular formula is C23H25N3OS. The fourth-order valence-corrected chi connectivity index (χ4v) is 4.64. The van der Waals surface area contributed by atoms with Crippen molar-refractivity contribution in [3.8, 4) is 11.3 Å². The molecule has 0 radical (unpaired) electrons. The predicted octanol–water partition coefficient (Wildman–Crippen LogP) is 4.45. The Morgan fingerprint density at radius 1 is 1.07 bits per heavy atom. The third kappa shape index (κ3) is 4.65. The summed E-state index contributed by atoms with van der Waals surface area (Å²) in [5.41, 5.74) is 4.92. The lowest BCUT2D eigenvalue weighted by Gasteiger charge is -2.13. The number of hydrogen-bond acceptors (Lipinski definition) is 4. The molecule has 4 nitrogen and oxygen atoms in total. The summed E-state index contributed by atoms with van der Waals surface area (Å²) in [5.74, 6) is 0.343. The molecule has 0 bridgehead atoms. The highest BCUT2D eigenvalue weighted by Gasteiger charge is 2.21. The number of amides is 1. The highest BCUT2D eigenvalue weighted by Crippen LogP contribution is 2.25. The van der Waals surface area contributed by atoms with Crippen LogP contribution in [0.1, 0.15) is 35.4 Å². The molecule has 2 heterocycles. The van der Waals surface area contributed by atoms with Crippen molar-refractivity contribution in [2.45, 2.75) is 38.5 Å². The number of carbonyl (C=O) groups is 1. The Balaban J connectivity index is 1.22. The number of hydrogen-bond donors (Lipinski definition) is 1. The third-order valence-electron chi connectivity index (χ3n) is 5.41. The summed E-state index contributed by atoms with van der Waals surface area (Å²) in [4.78, 5) is 21.3. The Bertz CT molecular complexity index is 895. The van der Waals surface area contributed by atoms with Gasteiger partial charge >= 0.3 is 0 Å².